The Hall–Kier alpha value is -2.41. The average molecular weight is 343 g/mol. The fraction of sp³-hybridized carbons (Fsp3) is 0.500. The number of hydrogen-bond acceptors (Lipinski definition) is 4. The highest BCUT2D eigenvalue weighted by Gasteiger charge is 2.20. The van der Waals surface area contributed by atoms with E-state index in [4.69, 9.17) is 0 Å². The number of anilines is 1. The third-order valence-corrected chi connectivity index (χ3v) is 4.81. The number of aryl methyl sites for hydroxylation is 1. The highest BCUT2D eigenvalue weighted by atomic mass is 16.1. The molecule has 0 unspecified atom stereocenters. The molecule has 0 spiro atoms. The molecule has 1 fully saturated rings. The van der Waals surface area contributed by atoms with Crippen molar-refractivity contribution in [2.75, 3.05) is 32.1 Å². The maximum Gasteiger partial charge on any atom is 0.252 e. The maximum absolute atomic E-state index is 12.6. The van der Waals surface area contributed by atoms with Crippen LogP contribution in [0, 0.1) is 0 Å². The lowest BCUT2D eigenvalue weighted by Gasteiger charge is -2.29. The van der Waals surface area contributed by atoms with Gasteiger partial charge in [-0.1, -0.05) is 6.92 Å². The lowest BCUT2D eigenvalue weighted by molar-refractivity contribution is -0.107. The first-order valence-electron chi connectivity index (χ1n) is 8.72. The minimum absolute atomic E-state index is 0.0806. The molecule has 1 saturated heterocycles. The van der Waals surface area contributed by atoms with E-state index in [0.717, 1.165) is 43.7 Å². The number of hydrogen-bond donors (Lipinski definition) is 1. The number of rotatable bonds is 5. The van der Waals surface area contributed by atoms with Gasteiger partial charge in [0.05, 0.1) is 11.3 Å². The first-order valence-corrected chi connectivity index (χ1v) is 8.72. The third kappa shape index (κ3) is 3.51. The summed E-state index contributed by atoms with van der Waals surface area (Å²) in [6.45, 7) is 4.00. The van der Waals surface area contributed by atoms with E-state index in [1.807, 2.05) is 17.4 Å². The molecule has 2 aromatic heterocycles. The molecular formula is C18H25N5O2. The summed E-state index contributed by atoms with van der Waals surface area (Å²) in [6, 6.07) is 3.83. The van der Waals surface area contributed by atoms with Gasteiger partial charge in [0, 0.05) is 19.3 Å². The summed E-state index contributed by atoms with van der Waals surface area (Å²) in [4.78, 5) is 32.2. The highest BCUT2D eigenvalue weighted by molar-refractivity contribution is 5.94. The lowest BCUT2D eigenvalue weighted by atomic mass is 10.1. The Morgan fingerprint density at radius 3 is 2.76 bits per heavy atom. The summed E-state index contributed by atoms with van der Waals surface area (Å²) in [6.07, 6.45) is 5.17. The van der Waals surface area contributed by atoms with E-state index in [1.165, 1.54) is 4.90 Å². The second-order valence-electron chi connectivity index (χ2n) is 6.65. The second kappa shape index (κ2) is 7.23. The Morgan fingerprint density at radius 2 is 2.12 bits per heavy atom. The zero-order valence-corrected chi connectivity index (χ0v) is 15.0. The first kappa shape index (κ1) is 17.4. The maximum atomic E-state index is 12.6. The Kier molecular flexibility index (Phi) is 5.03. The Balaban J connectivity index is 1.87. The van der Waals surface area contributed by atoms with Crippen LogP contribution >= 0.6 is 0 Å². The van der Waals surface area contributed by atoms with Crippen molar-refractivity contribution in [3.8, 4) is 0 Å². The number of fused-ring (bicyclic) bond motifs is 1. The van der Waals surface area contributed by atoms with Crippen LogP contribution in [0.3, 0.4) is 0 Å². The SMILES string of the molecule is CCc1nc2ccc(C(=O)NC3CCN(C)CC3)cn2c1N(C)C=O. The van der Waals surface area contributed by atoms with Crippen molar-refractivity contribution in [3.63, 3.8) is 0 Å². The number of piperidine rings is 1. The summed E-state index contributed by atoms with van der Waals surface area (Å²) in [5, 5.41) is 3.12. The summed E-state index contributed by atoms with van der Waals surface area (Å²) < 4.78 is 1.82. The molecule has 7 heteroatoms. The Labute approximate surface area is 147 Å². The molecule has 1 N–H and O–H groups in total. The van der Waals surface area contributed by atoms with Crippen molar-refractivity contribution >= 4 is 23.8 Å². The summed E-state index contributed by atoms with van der Waals surface area (Å²) in [5.41, 5.74) is 2.14. The van der Waals surface area contributed by atoms with Gasteiger partial charge >= 0.3 is 0 Å². The number of pyridine rings is 1. The predicted octanol–water partition coefficient (Wildman–Crippen LogP) is 1.31. The van der Waals surface area contributed by atoms with Gasteiger partial charge in [0.1, 0.15) is 11.5 Å². The highest BCUT2D eigenvalue weighted by Crippen LogP contribution is 2.22. The van der Waals surface area contributed by atoms with E-state index in [-0.39, 0.29) is 11.9 Å². The van der Waals surface area contributed by atoms with Gasteiger partial charge in [-0.3, -0.25) is 14.0 Å². The van der Waals surface area contributed by atoms with Crippen molar-refractivity contribution < 1.29 is 9.59 Å². The lowest BCUT2D eigenvalue weighted by Crippen LogP contribution is -2.43. The second-order valence-corrected chi connectivity index (χ2v) is 6.65. The van der Waals surface area contributed by atoms with Crippen LogP contribution in [0.15, 0.2) is 18.3 Å². The van der Waals surface area contributed by atoms with Crippen LogP contribution in [0.1, 0.15) is 35.8 Å². The van der Waals surface area contributed by atoms with Crippen molar-refractivity contribution in [3.05, 3.63) is 29.6 Å². The minimum Gasteiger partial charge on any atom is -0.349 e. The topological polar surface area (TPSA) is 70.0 Å². The molecule has 2 amide bonds. The predicted molar refractivity (Wildman–Crippen MR) is 97.0 cm³/mol. The molecule has 0 radical (unpaired) electrons. The molecule has 7 nitrogen and oxygen atoms in total. The van der Waals surface area contributed by atoms with Gasteiger partial charge in [-0.25, -0.2) is 4.98 Å². The van der Waals surface area contributed by atoms with Crippen molar-refractivity contribution in [1.29, 1.82) is 0 Å². The van der Waals surface area contributed by atoms with Crippen LogP contribution in [0.2, 0.25) is 0 Å². The van der Waals surface area contributed by atoms with E-state index >= 15 is 0 Å². The van der Waals surface area contributed by atoms with E-state index in [0.29, 0.717) is 17.8 Å². The van der Waals surface area contributed by atoms with Crippen LogP contribution in [0.5, 0.6) is 0 Å². The summed E-state index contributed by atoms with van der Waals surface area (Å²) >= 11 is 0. The zero-order valence-electron chi connectivity index (χ0n) is 15.0. The molecule has 0 aliphatic carbocycles. The van der Waals surface area contributed by atoms with Crippen LogP contribution in [-0.2, 0) is 11.2 Å². The molecule has 0 bridgehead atoms. The molecule has 3 rings (SSSR count). The van der Waals surface area contributed by atoms with Crippen LogP contribution in [0.25, 0.3) is 5.65 Å². The van der Waals surface area contributed by atoms with E-state index < -0.39 is 0 Å². The van der Waals surface area contributed by atoms with E-state index in [1.54, 1.807) is 19.3 Å². The third-order valence-electron chi connectivity index (χ3n) is 4.81. The van der Waals surface area contributed by atoms with Gasteiger partial charge in [-0.05, 0) is 51.5 Å². The molecule has 134 valence electrons. The molecular weight excluding hydrogens is 318 g/mol. The number of likely N-dealkylation sites (tertiary alicyclic amines) is 1. The number of aromatic nitrogens is 2. The summed E-state index contributed by atoms with van der Waals surface area (Å²) in [7, 11) is 3.79. The first-order chi connectivity index (χ1) is 12.0. The van der Waals surface area contributed by atoms with Crippen molar-refractivity contribution in [2.24, 2.45) is 0 Å². The Bertz CT molecular complexity index is 777. The molecule has 0 aromatic carbocycles. The minimum atomic E-state index is -0.0806. The number of carbonyl (C=O) groups excluding carboxylic acids is 2. The number of amides is 2. The van der Waals surface area contributed by atoms with Gasteiger partial charge in [-0.2, -0.15) is 0 Å². The average Bonchev–Trinajstić information content (AvgIpc) is 3.00. The summed E-state index contributed by atoms with van der Waals surface area (Å²) in [5.74, 6) is 0.629. The number of imidazole rings is 1. The normalized spacial score (nSPS) is 16.1. The van der Waals surface area contributed by atoms with Crippen LogP contribution in [-0.4, -0.2) is 59.8 Å². The zero-order chi connectivity index (χ0) is 18.0. The Morgan fingerprint density at radius 1 is 1.40 bits per heavy atom. The van der Waals surface area contributed by atoms with E-state index in [9.17, 15) is 9.59 Å². The van der Waals surface area contributed by atoms with Gasteiger partial charge in [0.25, 0.3) is 5.91 Å². The largest absolute Gasteiger partial charge is 0.349 e. The smallest absolute Gasteiger partial charge is 0.252 e. The standard InChI is InChI=1S/C18H25N5O2/c1-4-15-18(22(3)12-24)23-11-13(5-6-16(23)20-15)17(25)19-14-7-9-21(2)10-8-14/h5-6,11-12,14H,4,7-10H2,1-3H3,(H,19,25). The molecule has 1 aliphatic heterocycles. The molecule has 3 heterocycles. The molecule has 2 aromatic rings. The van der Waals surface area contributed by atoms with Crippen LogP contribution in [0.4, 0.5) is 5.82 Å². The van der Waals surface area contributed by atoms with Gasteiger partial charge in [0.15, 0.2) is 0 Å². The quantitative estimate of drug-likeness (QED) is 0.831. The molecule has 1 aliphatic rings. The van der Waals surface area contributed by atoms with Gasteiger partial charge < -0.3 is 15.1 Å². The van der Waals surface area contributed by atoms with Crippen LogP contribution < -0.4 is 10.2 Å². The van der Waals surface area contributed by atoms with Crippen molar-refractivity contribution in [1.82, 2.24) is 19.6 Å². The van der Waals surface area contributed by atoms with Gasteiger partial charge in [0.2, 0.25) is 6.41 Å². The number of carbonyl (C=O) groups is 2. The monoisotopic (exact) mass is 343 g/mol. The molecule has 25 heavy (non-hydrogen) atoms. The fourth-order valence-electron chi connectivity index (χ4n) is 3.30. The number of nitrogens with zero attached hydrogens (tertiary/aromatic N) is 4. The van der Waals surface area contributed by atoms with Crippen molar-refractivity contribution in [2.45, 2.75) is 32.2 Å². The number of nitrogens with one attached hydrogen (secondary N) is 1. The molecule has 0 atom stereocenters. The van der Waals surface area contributed by atoms with E-state index in [2.05, 4.69) is 22.2 Å². The fourth-order valence-corrected chi connectivity index (χ4v) is 3.30. The molecule has 0 saturated carbocycles. The van der Waals surface area contributed by atoms with Gasteiger partial charge in [-0.15, -0.1) is 0 Å².